The summed E-state index contributed by atoms with van der Waals surface area (Å²) in [6, 6.07) is 1.65. The zero-order chi connectivity index (χ0) is 8.27. The Morgan fingerprint density at radius 3 is 3.09 bits per heavy atom. The van der Waals surface area contributed by atoms with Crippen LogP contribution in [-0.4, -0.2) is 16.4 Å². The topological polar surface area (TPSA) is 45.5 Å². The van der Waals surface area contributed by atoms with E-state index in [1.54, 1.807) is 6.07 Å². The first-order valence-corrected chi connectivity index (χ1v) is 3.89. The molecule has 1 aromatic rings. The zero-order valence-corrected chi connectivity index (χ0v) is 7.67. The molecule has 0 radical (unpaired) electrons. The minimum absolute atomic E-state index is 0.450. The van der Waals surface area contributed by atoms with E-state index in [0.29, 0.717) is 15.2 Å². The van der Waals surface area contributed by atoms with Gasteiger partial charge < -0.3 is 5.21 Å². The molecular weight excluding hydrogens is 231 g/mol. The molecule has 11 heavy (non-hydrogen) atoms. The molecule has 3 nitrogen and oxygen atoms in total. The average Bonchev–Trinajstić information content (AvgIpc) is 1.98. The molecule has 0 aliphatic rings. The van der Waals surface area contributed by atoms with E-state index >= 15 is 0 Å². The molecule has 0 saturated heterocycles. The molecule has 0 unspecified atom stereocenters. The molecule has 0 atom stereocenters. The molecule has 0 saturated carbocycles. The Morgan fingerprint density at radius 1 is 1.73 bits per heavy atom. The number of pyridine rings is 1. The second-order valence-electron chi connectivity index (χ2n) is 1.77. The number of aromatic nitrogens is 1. The average molecular weight is 235 g/mol. The van der Waals surface area contributed by atoms with E-state index in [4.69, 9.17) is 16.8 Å². The highest BCUT2D eigenvalue weighted by Gasteiger charge is 1.98. The van der Waals surface area contributed by atoms with E-state index in [1.807, 2.05) is 0 Å². The lowest BCUT2D eigenvalue weighted by atomic mass is 10.3. The first-order chi connectivity index (χ1) is 5.24. The van der Waals surface area contributed by atoms with Crippen molar-refractivity contribution in [2.75, 3.05) is 0 Å². The first kappa shape index (κ1) is 8.49. The molecule has 0 aliphatic heterocycles. The van der Waals surface area contributed by atoms with Gasteiger partial charge in [-0.2, -0.15) is 0 Å². The van der Waals surface area contributed by atoms with Crippen molar-refractivity contribution >= 4 is 33.7 Å². The molecular formula is C6H4BrClN2O. The van der Waals surface area contributed by atoms with Crippen LogP contribution in [0.4, 0.5) is 0 Å². The van der Waals surface area contributed by atoms with Crippen LogP contribution in [0.5, 0.6) is 0 Å². The Morgan fingerprint density at radius 2 is 2.45 bits per heavy atom. The number of nitrogens with zero attached hydrogens (tertiary/aromatic N) is 2. The fraction of sp³-hybridized carbons (Fsp3) is 0. The summed E-state index contributed by atoms with van der Waals surface area (Å²) in [4.78, 5) is 3.86. The summed E-state index contributed by atoms with van der Waals surface area (Å²) in [5.41, 5.74) is 0.621. The van der Waals surface area contributed by atoms with Crippen molar-refractivity contribution in [1.29, 1.82) is 0 Å². The van der Waals surface area contributed by atoms with Crippen molar-refractivity contribution in [2.45, 2.75) is 0 Å². The third kappa shape index (κ3) is 2.17. The van der Waals surface area contributed by atoms with E-state index < -0.39 is 0 Å². The van der Waals surface area contributed by atoms with Gasteiger partial charge in [-0.15, -0.1) is 0 Å². The number of oxime groups is 1. The van der Waals surface area contributed by atoms with Crippen molar-refractivity contribution in [3.05, 3.63) is 27.5 Å². The van der Waals surface area contributed by atoms with Crippen molar-refractivity contribution in [3.63, 3.8) is 0 Å². The maximum atomic E-state index is 8.21. The van der Waals surface area contributed by atoms with Gasteiger partial charge in [-0.05, 0) is 22.0 Å². The lowest BCUT2D eigenvalue weighted by Gasteiger charge is -1.95. The predicted octanol–water partition coefficient (Wildman–Crippen LogP) is 2.31. The van der Waals surface area contributed by atoms with Gasteiger partial charge in [-0.25, -0.2) is 4.98 Å². The number of hydrogen-bond donors (Lipinski definition) is 1. The second kappa shape index (κ2) is 3.69. The van der Waals surface area contributed by atoms with Crippen LogP contribution in [0.1, 0.15) is 5.56 Å². The summed E-state index contributed by atoms with van der Waals surface area (Å²) in [5.74, 6) is 0. The van der Waals surface area contributed by atoms with Crippen LogP contribution in [0.2, 0.25) is 5.02 Å². The van der Waals surface area contributed by atoms with E-state index in [0.717, 1.165) is 0 Å². The van der Waals surface area contributed by atoms with Crippen LogP contribution in [0, 0.1) is 0 Å². The summed E-state index contributed by atoms with van der Waals surface area (Å²) in [6.07, 6.45) is 2.72. The normalized spacial score (nSPS) is 10.7. The summed E-state index contributed by atoms with van der Waals surface area (Å²) in [6.45, 7) is 0. The van der Waals surface area contributed by atoms with Crippen molar-refractivity contribution < 1.29 is 5.21 Å². The maximum absolute atomic E-state index is 8.21. The van der Waals surface area contributed by atoms with Gasteiger partial charge in [0.1, 0.15) is 4.60 Å². The molecule has 1 N–H and O–H groups in total. The minimum atomic E-state index is 0.450. The second-order valence-corrected chi connectivity index (χ2v) is 2.99. The molecule has 5 heteroatoms. The Balaban J connectivity index is 3.12. The molecule has 1 rings (SSSR count). The highest BCUT2D eigenvalue weighted by molar-refractivity contribution is 9.10. The smallest absolute Gasteiger partial charge is 0.106 e. The molecule has 0 amide bonds. The number of rotatable bonds is 1. The maximum Gasteiger partial charge on any atom is 0.106 e. The third-order valence-corrected chi connectivity index (χ3v) is 1.80. The summed E-state index contributed by atoms with van der Waals surface area (Å²) in [7, 11) is 0. The van der Waals surface area contributed by atoms with Crippen LogP contribution in [0.3, 0.4) is 0 Å². The Bertz CT molecular complexity index is 290. The standard InChI is InChI=1S/C6H4BrClN2O/c7-6-1-4(2-10-11)5(8)3-9-6/h1-3,11H/b10-2+. The molecule has 0 bridgehead atoms. The largest absolute Gasteiger partial charge is 0.411 e. The minimum Gasteiger partial charge on any atom is -0.411 e. The van der Waals surface area contributed by atoms with Gasteiger partial charge in [0.25, 0.3) is 0 Å². The lowest BCUT2D eigenvalue weighted by Crippen LogP contribution is -1.85. The fourth-order valence-corrected chi connectivity index (χ4v) is 1.09. The van der Waals surface area contributed by atoms with E-state index in [9.17, 15) is 0 Å². The highest BCUT2D eigenvalue weighted by atomic mass is 79.9. The van der Waals surface area contributed by atoms with Crippen LogP contribution in [-0.2, 0) is 0 Å². The Kier molecular flexibility index (Phi) is 2.84. The molecule has 58 valence electrons. The highest BCUT2D eigenvalue weighted by Crippen LogP contribution is 2.16. The van der Waals surface area contributed by atoms with Crippen molar-refractivity contribution in [1.82, 2.24) is 4.98 Å². The number of halogens is 2. The van der Waals surface area contributed by atoms with Gasteiger partial charge in [0.2, 0.25) is 0 Å². The predicted molar refractivity (Wildman–Crippen MR) is 46.3 cm³/mol. The van der Waals surface area contributed by atoms with E-state index in [1.165, 1.54) is 12.4 Å². The van der Waals surface area contributed by atoms with Crippen molar-refractivity contribution in [2.24, 2.45) is 5.16 Å². The summed E-state index contributed by atoms with van der Waals surface area (Å²) in [5, 5.41) is 11.5. The Hall–Kier alpha value is -0.610. The molecule has 1 heterocycles. The SMILES string of the molecule is O/N=C/c1cc(Br)ncc1Cl. The lowest BCUT2D eigenvalue weighted by molar-refractivity contribution is 0.322. The molecule has 1 aromatic heterocycles. The van der Waals surface area contributed by atoms with E-state index in [2.05, 4.69) is 26.1 Å². The summed E-state index contributed by atoms with van der Waals surface area (Å²) >= 11 is 8.84. The Labute approximate surface area is 76.8 Å². The quantitative estimate of drug-likeness (QED) is 0.351. The number of hydrogen-bond acceptors (Lipinski definition) is 3. The van der Waals surface area contributed by atoms with Gasteiger partial charge in [-0.1, -0.05) is 16.8 Å². The zero-order valence-electron chi connectivity index (χ0n) is 5.33. The van der Waals surface area contributed by atoms with Crippen molar-refractivity contribution in [3.8, 4) is 0 Å². The molecule has 0 spiro atoms. The third-order valence-electron chi connectivity index (χ3n) is 1.05. The molecule has 0 aliphatic carbocycles. The summed E-state index contributed by atoms with van der Waals surface area (Å²) < 4.78 is 0.650. The van der Waals surface area contributed by atoms with Crippen LogP contribution >= 0.6 is 27.5 Å². The fourth-order valence-electron chi connectivity index (χ4n) is 0.589. The van der Waals surface area contributed by atoms with E-state index in [-0.39, 0.29) is 0 Å². The van der Waals surface area contributed by atoms with Crippen LogP contribution in [0.25, 0.3) is 0 Å². The van der Waals surface area contributed by atoms with Gasteiger partial charge in [0.15, 0.2) is 0 Å². The van der Waals surface area contributed by atoms with Gasteiger partial charge in [-0.3, -0.25) is 0 Å². The monoisotopic (exact) mass is 234 g/mol. The van der Waals surface area contributed by atoms with Gasteiger partial charge in [0, 0.05) is 11.8 Å². The molecule has 0 fully saturated rings. The first-order valence-electron chi connectivity index (χ1n) is 2.72. The van der Waals surface area contributed by atoms with Crippen LogP contribution in [0.15, 0.2) is 22.0 Å². The van der Waals surface area contributed by atoms with Crippen LogP contribution < -0.4 is 0 Å². The van der Waals surface area contributed by atoms with Gasteiger partial charge in [0.05, 0.1) is 11.2 Å². The molecule has 0 aromatic carbocycles. The van der Waals surface area contributed by atoms with Gasteiger partial charge >= 0.3 is 0 Å².